The lowest BCUT2D eigenvalue weighted by atomic mass is 10.2. The summed E-state index contributed by atoms with van der Waals surface area (Å²) >= 11 is 0. The summed E-state index contributed by atoms with van der Waals surface area (Å²) in [6, 6.07) is 9.73. The van der Waals surface area contributed by atoms with E-state index in [0.29, 0.717) is 18.2 Å². The summed E-state index contributed by atoms with van der Waals surface area (Å²) in [6.07, 6.45) is 2.19. The molecule has 1 saturated carbocycles. The lowest BCUT2D eigenvalue weighted by Crippen LogP contribution is -2.36. The number of nitriles is 1. The standard InChI is InChI=1S/C13H15N3O/c1-16(9-13(17)15-11-5-6-11)12-4-2-3-10(7-12)8-14/h2-4,7,11H,5-6,9H2,1H3,(H,15,17). The summed E-state index contributed by atoms with van der Waals surface area (Å²) in [7, 11) is 1.85. The Labute approximate surface area is 101 Å². The van der Waals surface area contributed by atoms with Gasteiger partial charge in [-0.05, 0) is 31.0 Å². The Morgan fingerprint density at radius 3 is 3.00 bits per heavy atom. The van der Waals surface area contributed by atoms with Crippen LogP contribution in [0.2, 0.25) is 0 Å². The largest absolute Gasteiger partial charge is 0.365 e. The average molecular weight is 229 g/mol. The van der Waals surface area contributed by atoms with E-state index in [1.165, 1.54) is 0 Å². The third-order valence-corrected chi connectivity index (χ3v) is 2.74. The number of hydrogen-bond donors (Lipinski definition) is 1. The van der Waals surface area contributed by atoms with Gasteiger partial charge in [-0.25, -0.2) is 0 Å². The summed E-state index contributed by atoms with van der Waals surface area (Å²) in [5, 5.41) is 11.7. The number of nitrogens with zero attached hydrogens (tertiary/aromatic N) is 2. The second-order valence-corrected chi connectivity index (χ2v) is 4.36. The van der Waals surface area contributed by atoms with Gasteiger partial charge in [0.05, 0.1) is 18.2 Å². The Bertz CT molecular complexity index is 460. The molecule has 0 saturated heterocycles. The first kappa shape index (κ1) is 11.5. The van der Waals surface area contributed by atoms with E-state index in [-0.39, 0.29) is 5.91 Å². The quantitative estimate of drug-likeness (QED) is 0.846. The number of rotatable bonds is 4. The fourth-order valence-electron chi connectivity index (χ4n) is 1.62. The molecule has 0 radical (unpaired) electrons. The maximum Gasteiger partial charge on any atom is 0.239 e. The smallest absolute Gasteiger partial charge is 0.239 e. The molecule has 0 aromatic heterocycles. The number of anilines is 1. The van der Waals surface area contributed by atoms with Crippen LogP contribution in [0.5, 0.6) is 0 Å². The van der Waals surface area contributed by atoms with Crippen LogP contribution in [0.1, 0.15) is 18.4 Å². The molecule has 1 amide bonds. The Balaban J connectivity index is 1.95. The fourth-order valence-corrected chi connectivity index (χ4v) is 1.62. The van der Waals surface area contributed by atoms with Crippen LogP contribution >= 0.6 is 0 Å². The molecule has 0 heterocycles. The minimum absolute atomic E-state index is 0.0392. The van der Waals surface area contributed by atoms with Gasteiger partial charge < -0.3 is 10.2 Å². The van der Waals surface area contributed by atoms with Crippen molar-refractivity contribution in [3.63, 3.8) is 0 Å². The molecule has 1 aromatic rings. The Kier molecular flexibility index (Phi) is 3.29. The molecule has 1 N–H and O–H groups in total. The average Bonchev–Trinajstić information content (AvgIpc) is 3.12. The lowest BCUT2D eigenvalue weighted by Gasteiger charge is -2.18. The van der Waals surface area contributed by atoms with Gasteiger partial charge in [0.2, 0.25) is 5.91 Å². The van der Waals surface area contributed by atoms with Gasteiger partial charge in [0.1, 0.15) is 0 Å². The molecule has 1 aromatic carbocycles. The Hall–Kier alpha value is -2.02. The molecule has 4 heteroatoms. The van der Waals surface area contributed by atoms with Crippen molar-refractivity contribution in [2.45, 2.75) is 18.9 Å². The van der Waals surface area contributed by atoms with Gasteiger partial charge in [-0.1, -0.05) is 6.07 Å². The highest BCUT2D eigenvalue weighted by atomic mass is 16.2. The minimum atomic E-state index is 0.0392. The van der Waals surface area contributed by atoms with Gasteiger partial charge in [0.25, 0.3) is 0 Å². The summed E-state index contributed by atoms with van der Waals surface area (Å²) < 4.78 is 0. The molecule has 4 nitrogen and oxygen atoms in total. The molecule has 17 heavy (non-hydrogen) atoms. The summed E-state index contributed by atoms with van der Waals surface area (Å²) in [4.78, 5) is 13.5. The van der Waals surface area contributed by atoms with Gasteiger partial charge >= 0.3 is 0 Å². The third-order valence-electron chi connectivity index (χ3n) is 2.74. The minimum Gasteiger partial charge on any atom is -0.365 e. The van der Waals surface area contributed by atoms with E-state index < -0.39 is 0 Å². The monoisotopic (exact) mass is 229 g/mol. The van der Waals surface area contributed by atoms with Crippen LogP contribution < -0.4 is 10.2 Å². The van der Waals surface area contributed by atoms with Crippen molar-refractivity contribution in [1.82, 2.24) is 5.32 Å². The molecule has 1 aliphatic rings. The predicted molar refractivity (Wildman–Crippen MR) is 65.6 cm³/mol. The lowest BCUT2D eigenvalue weighted by molar-refractivity contribution is -0.119. The zero-order chi connectivity index (χ0) is 12.3. The van der Waals surface area contributed by atoms with Crippen molar-refractivity contribution in [2.75, 3.05) is 18.5 Å². The van der Waals surface area contributed by atoms with Crippen molar-refractivity contribution < 1.29 is 4.79 Å². The number of amides is 1. The highest BCUT2D eigenvalue weighted by Gasteiger charge is 2.23. The number of hydrogen-bond acceptors (Lipinski definition) is 3. The van der Waals surface area contributed by atoms with Gasteiger partial charge in [-0.2, -0.15) is 5.26 Å². The van der Waals surface area contributed by atoms with Crippen LogP contribution in [0.25, 0.3) is 0 Å². The molecule has 2 rings (SSSR count). The van der Waals surface area contributed by atoms with Crippen LogP contribution in [0, 0.1) is 11.3 Å². The molecular weight excluding hydrogens is 214 g/mol. The molecule has 0 unspecified atom stereocenters. The highest BCUT2D eigenvalue weighted by molar-refractivity contribution is 5.81. The van der Waals surface area contributed by atoms with E-state index in [0.717, 1.165) is 18.5 Å². The summed E-state index contributed by atoms with van der Waals surface area (Å²) in [5.41, 5.74) is 1.49. The third kappa shape index (κ3) is 3.22. The number of carbonyl (C=O) groups is 1. The van der Waals surface area contributed by atoms with E-state index in [9.17, 15) is 4.79 Å². The Morgan fingerprint density at radius 2 is 2.35 bits per heavy atom. The van der Waals surface area contributed by atoms with E-state index in [2.05, 4.69) is 11.4 Å². The molecule has 0 spiro atoms. The van der Waals surface area contributed by atoms with Crippen LogP contribution in [-0.4, -0.2) is 25.5 Å². The summed E-state index contributed by atoms with van der Waals surface area (Å²) in [5.74, 6) is 0.0392. The van der Waals surface area contributed by atoms with E-state index in [4.69, 9.17) is 5.26 Å². The molecular formula is C13H15N3O. The van der Waals surface area contributed by atoms with Gasteiger partial charge in [0, 0.05) is 18.8 Å². The first-order valence-corrected chi connectivity index (χ1v) is 5.69. The number of nitrogens with one attached hydrogen (secondary N) is 1. The van der Waals surface area contributed by atoms with Crippen LogP contribution in [0.15, 0.2) is 24.3 Å². The second-order valence-electron chi connectivity index (χ2n) is 4.36. The van der Waals surface area contributed by atoms with Crippen molar-refractivity contribution >= 4 is 11.6 Å². The fraction of sp³-hybridized carbons (Fsp3) is 0.385. The molecule has 0 aliphatic heterocycles. The zero-order valence-corrected chi connectivity index (χ0v) is 9.81. The Morgan fingerprint density at radius 1 is 1.59 bits per heavy atom. The van der Waals surface area contributed by atoms with Crippen molar-refractivity contribution in [1.29, 1.82) is 5.26 Å². The van der Waals surface area contributed by atoms with Gasteiger partial charge in [-0.15, -0.1) is 0 Å². The first-order valence-electron chi connectivity index (χ1n) is 5.69. The maximum absolute atomic E-state index is 11.6. The number of carbonyl (C=O) groups excluding carboxylic acids is 1. The maximum atomic E-state index is 11.6. The summed E-state index contributed by atoms with van der Waals surface area (Å²) in [6.45, 7) is 0.325. The topological polar surface area (TPSA) is 56.1 Å². The van der Waals surface area contributed by atoms with Crippen molar-refractivity contribution in [2.24, 2.45) is 0 Å². The van der Waals surface area contributed by atoms with Crippen molar-refractivity contribution in [3.8, 4) is 6.07 Å². The highest BCUT2D eigenvalue weighted by Crippen LogP contribution is 2.19. The first-order chi connectivity index (χ1) is 8.19. The van der Waals surface area contributed by atoms with Crippen LogP contribution in [-0.2, 0) is 4.79 Å². The molecule has 1 aliphatic carbocycles. The van der Waals surface area contributed by atoms with Gasteiger partial charge in [0.15, 0.2) is 0 Å². The van der Waals surface area contributed by atoms with E-state index in [1.54, 1.807) is 12.1 Å². The van der Waals surface area contributed by atoms with E-state index in [1.807, 2.05) is 24.1 Å². The molecule has 0 bridgehead atoms. The van der Waals surface area contributed by atoms with E-state index >= 15 is 0 Å². The SMILES string of the molecule is CN(CC(=O)NC1CC1)c1cccc(C#N)c1. The van der Waals surface area contributed by atoms with Crippen LogP contribution in [0.4, 0.5) is 5.69 Å². The number of benzene rings is 1. The molecule has 88 valence electrons. The number of likely N-dealkylation sites (N-methyl/N-ethyl adjacent to an activating group) is 1. The molecule has 0 atom stereocenters. The van der Waals surface area contributed by atoms with Crippen molar-refractivity contribution in [3.05, 3.63) is 29.8 Å². The normalized spacial score (nSPS) is 13.9. The zero-order valence-electron chi connectivity index (χ0n) is 9.81. The second kappa shape index (κ2) is 4.88. The van der Waals surface area contributed by atoms with Crippen LogP contribution in [0.3, 0.4) is 0 Å². The molecule has 1 fully saturated rings. The van der Waals surface area contributed by atoms with Gasteiger partial charge in [-0.3, -0.25) is 4.79 Å². The predicted octanol–water partition coefficient (Wildman–Crippen LogP) is 1.27.